The number of benzene rings is 2. The van der Waals surface area contributed by atoms with Gasteiger partial charge < -0.3 is 4.74 Å². The number of ketones is 1. The second kappa shape index (κ2) is 6.48. The molecule has 2 aromatic carbocycles. The van der Waals surface area contributed by atoms with Crippen molar-refractivity contribution >= 4 is 5.78 Å². The number of carbonyl (C=O) groups excluding carboxylic acids is 1. The average Bonchev–Trinajstić information content (AvgIpc) is 2.49. The van der Waals surface area contributed by atoms with Crippen LogP contribution in [0.4, 0.5) is 4.39 Å². The van der Waals surface area contributed by atoms with Crippen molar-refractivity contribution in [2.75, 3.05) is 6.61 Å². The van der Waals surface area contributed by atoms with Gasteiger partial charge in [-0.2, -0.15) is 5.26 Å². The van der Waals surface area contributed by atoms with E-state index in [1.165, 1.54) is 12.1 Å². The van der Waals surface area contributed by atoms with E-state index in [1.807, 2.05) is 12.1 Å². The van der Waals surface area contributed by atoms with Crippen LogP contribution in [0.3, 0.4) is 0 Å². The third-order valence-electron chi connectivity index (χ3n) is 2.74. The van der Waals surface area contributed by atoms with E-state index in [4.69, 9.17) is 10.00 Å². The Labute approximate surface area is 116 Å². The molecular weight excluding hydrogens is 257 g/mol. The molecule has 100 valence electrons. The normalized spacial score (nSPS) is 9.80. The van der Waals surface area contributed by atoms with Crippen molar-refractivity contribution in [1.29, 1.82) is 5.26 Å². The zero-order valence-electron chi connectivity index (χ0n) is 10.7. The van der Waals surface area contributed by atoms with Gasteiger partial charge in [-0.15, -0.1) is 0 Å². The predicted molar refractivity (Wildman–Crippen MR) is 72.0 cm³/mol. The molecular formula is C16H12FNO2. The highest BCUT2D eigenvalue weighted by atomic mass is 19.1. The van der Waals surface area contributed by atoms with Gasteiger partial charge in [-0.1, -0.05) is 30.3 Å². The average molecular weight is 269 g/mol. The summed E-state index contributed by atoms with van der Waals surface area (Å²) in [6.07, 6.45) is 0.170. The number of rotatable bonds is 5. The Balaban J connectivity index is 1.91. The first-order valence-corrected chi connectivity index (χ1v) is 6.11. The number of halogens is 1. The summed E-state index contributed by atoms with van der Waals surface area (Å²) in [5, 5.41) is 8.63. The highest BCUT2D eigenvalue weighted by molar-refractivity contribution is 5.96. The molecule has 0 spiro atoms. The van der Waals surface area contributed by atoms with Gasteiger partial charge in [0.25, 0.3) is 0 Å². The molecule has 2 aromatic rings. The minimum absolute atomic E-state index is 0.0462. The van der Waals surface area contributed by atoms with E-state index < -0.39 is 5.82 Å². The molecule has 0 saturated heterocycles. The maximum atomic E-state index is 13.5. The summed E-state index contributed by atoms with van der Waals surface area (Å²) in [7, 11) is 0. The Hall–Kier alpha value is -2.67. The third kappa shape index (κ3) is 3.42. The van der Waals surface area contributed by atoms with Gasteiger partial charge >= 0.3 is 0 Å². The van der Waals surface area contributed by atoms with Crippen molar-refractivity contribution in [2.45, 2.75) is 6.42 Å². The Morgan fingerprint density at radius 1 is 1.20 bits per heavy atom. The van der Waals surface area contributed by atoms with Crippen LogP contribution in [0.5, 0.6) is 5.75 Å². The van der Waals surface area contributed by atoms with E-state index in [2.05, 4.69) is 0 Å². The van der Waals surface area contributed by atoms with Crippen LogP contribution in [0.2, 0.25) is 0 Å². The lowest BCUT2D eigenvalue weighted by Gasteiger charge is -2.07. The topological polar surface area (TPSA) is 50.1 Å². The fraction of sp³-hybridized carbons (Fsp3) is 0.125. The number of Topliss-reactive ketones (excluding diaryl/α,β-unsaturated/α-hetero) is 1. The lowest BCUT2D eigenvalue weighted by atomic mass is 10.1. The van der Waals surface area contributed by atoms with Crippen LogP contribution in [-0.4, -0.2) is 12.4 Å². The Morgan fingerprint density at radius 3 is 2.60 bits per heavy atom. The molecule has 2 rings (SSSR count). The second-order valence-corrected chi connectivity index (χ2v) is 4.14. The molecule has 0 amide bonds. The summed E-state index contributed by atoms with van der Waals surface area (Å²) in [4.78, 5) is 11.8. The Bertz CT molecular complexity index is 647. The van der Waals surface area contributed by atoms with Crippen LogP contribution in [-0.2, 0) is 0 Å². The molecule has 0 aliphatic heterocycles. The minimum atomic E-state index is -0.601. The van der Waals surface area contributed by atoms with Gasteiger partial charge in [-0.25, -0.2) is 4.39 Å². The lowest BCUT2D eigenvalue weighted by molar-refractivity contribution is 0.0961. The van der Waals surface area contributed by atoms with Crippen molar-refractivity contribution in [1.82, 2.24) is 0 Å². The van der Waals surface area contributed by atoms with Crippen molar-refractivity contribution < 1.29 is 13.9 Å². The van der Waals surface area contributed by atoms with Gasteiger partial charge in [0.05, 0.1) is 18.2 Å². The zero-order valence-corrected chi connectivity index (χ0v) is 10.7. The fourth-order valence-electron chi connectivity index (χ4n) is 1.71. The molecule has 3 nitrogen and oxygen atoms in total. The van der Waals surface area contributed by atoms with Crippen molar-refractivity contribution in [3.63, 3.8) is 0 Å². The molecule has 0 unspecified atom stereocenters. The summed E-state index contributed by atoms with van der Waals surface area (Å²) in [5.41, 5.74) is 0.839. The van der Waals surface area contributed by atoms with E-state index in [9.17, 15) is 9.18 Å². The molecule has 0 atom stereocenters. The summed E-state index contributed by atoms with van der Waals surface area (Å²) < 4.78 is 18.7. The SMILES string of the molecule is N#Cc1ccc(OCCC(=O)c2ccccc2)c(F)c1. The highest BCUT2D eigenvalue weighted by Gasteiger charge is 2.08. The molecule has 0 aliphatic rings. The van der Waals surface area contributed by atoms with Crippen LogP contribution in [0.25, 0.3) is 0 Å². The van der Waals surface area contributed by atoms with Gasteiger partial charge in [0.2, 0.25) is 0 Å². The lowest BCUT2D eigenvalue weighted by Crippen LogP contribution is -2.07. The summed E-state index contributed by atoms with van der Waals surface area (Å²) >= 11 is 0. The van der Waals surface area contributed by atoms with Crippen LogP contribution in [0.15, 0.2) is 48.5 Å². The largest absolute Gasteiger partial charge is 0.490 e. The van der Waals surface area contributed by atoms with Gasteiger partial charge in [0.1, 0.15) is 0 Å². The second-order valence-electron chi connectivity index (χ2n) is 4.14. The molecule has 0 radical (unpaired) electrons. The number of ether oxygens (including phenoxy) is 1. The minimum Gasteiger partial charge on any atom is -0.490 e. The number of hydrogen-bond acceptors (Lipinski definition) is 3. The van der Waals surface area contributed by atoms with Crippen LogP contribution in [0.1, 0.15) is 22.3 Å². The molecule has 0 aliphatic carbocycles. The summed E-state index contributed by atoms with van der Waals surface area (Å²) in [5.74, 6) is -0.610. The van der Waals surface area contributed by atoms with Crippen molar-refractivity contribution in [3.05, 3.63) is 65.5 Å². The smallest absolute Gasteiger partial charge is 0.166 e. The first-order valence-electron chi connectivity index (χ1n) is 6.11. The third-order valence-corrected chi connectivity index (χ3v) is 2.74. The van der Waals surface area contributed by atoms with Crippen molar-refractivity contribution in [3.8, 4) is 11.8 Å². The number of nitriles is 1. The maximum absolute atomic E-state index is 13.5. The predicted octanol–water partition coefficient (Wildman–Crippen LogP) is 3.35. The molecule has 0 heterocycles. The monoisotopic (exact) mass is 269 g/mol. The van der Waals surface area contributed by atoms with E-state index >= 15 is 0 Å². The van der Waals surface area contributed by atoms with E-state index in [0.717, 1.165) is 6.07 Å². The number of nitrogens with zero attached hydrogens (tertiary/aromatic N) is 1. The van der Waals surface area contributed by atoms with E-state index in [0.29, 0.717) is 5.56 Å². The van der Waals surface area contributed by atoms with Crippen LogP contribution in [0, 0.1) is 17.1 Å². The highest BCUT2D eigenvalue weighted by Crippen LogP contribution is 2.18. The van der Waals surface area contributed by atoms with Gasteiger partial charge in [-0.05, 0) is 18.2 Å². The molecule has 0 saturated carbocycles. The first kappa shape index (κ1) is 13.8. The van der Waals surface area contributed by atoms with Gasteiger partial charge in [0, 0.05) is 12.0 Å². The quantitative estimate of drug-likeness (QED) is 0.782. The molecule has 4 heteroatoms. The Kier molecular flexibility index (Phi) is 4.46. The first-order chi connectivity index (χ1) is 9.70. The van der Waals surface area contributed by atoms with Gasteiger partial charge in [-0.3, -0.25) is 4.79 Å². The maximum Gasteiger partial charge on any atom is 0.166 e. The number of carbonyl (C=O) groups is 1. The number of hydrogen-bond donors (Lipinski definition) is 0. The standard InChI is InChI=1S/C16H12FNO2/c17-14-10-12(11-18)6-7-16(14)20-9-8-15(19)13-4-2-1-3-5-13/h1-7,10H,8-9H2. The summed E-state index contributed by atoms with van der Waals surface area (Å²) in [6, 6.07) is 14.7. The van der Waals surface area contributed by atoms with Crippen molar-refractivity contribution in [2.24, 2.45) is 0 Å². The molecule has 0 bridgehead atoms. The summed E-state index contributed by atoms with van der Waals surface area (Å²) in [6.45, 7) is 0.0938. The van der Waals surface area contributed by atoms with Gasteiger partial charge in [0.15, 0.2) is 17.3 Å². The van der Waals surface area contributed by atoms with Crippen LogP contribution < -0.4 is 4.74 Å². The fourth-order valence-corrected chi connectivity index (χ4v) is 1.71. The van der Waals surface area contributed by atoms with E-state index in [1.54, 1.807) is 24.3 Å². The molecule has 0 fully saturated rings. The molecule has 20 heavy (non-hydrogen) atoms. The van der Waals surface area contributed by atoms with Crippen LogP contribution >= 0.6 is 0 Å². The molecule has 0 aromatic heterocycles. The Morgan fingerprint density at radius 2 is 1.95 bits per heavy atom. The van der Waals surface area contributed by atoms with E-state index in [-0.39, 0.29) is 30.1 Å². The zero-order chi connectivity index (χ0) is 14.4. The molecule has 0 N–H and O–H groups in total.